The highest BCUT2D eigenvalue weighted by Gasteiger charge is 2.38. The van der Waals surface area contributed by atoms with Gasteiger partial charge in [0.2, 0.25) is 10.0 Å². The minimum absolute atomic E-state index is 0.00717. The molecule has 3 aromatic rings. The quantitative estimate of drug-likeness (QED) is 0.632. The highest BCUT2D eigenvalue weighted by molar-refractivity contribution is 7.89. The van der Waals surface area contributed by atoms with Gasteiger partial charge in [0.05, 0.1) is 17.1 Å². The van der Waals surface area contributed by atoms with Crippen molar-refractivity contribution in [1.82, 2.24) is 19.7 Å². The van der Waals surface area contributed by atoms with Crippen LogP contribution < -0.4 is 4.72 Å². The van der Waals surface area contributed by atoms with Crippen LogP contribution in [0.4, 0.5) is 0 Å². The van der Waals surface area contributed by atoms with Gasteiger partial charge in [-0.1, -0.05) is 52.7 Å². The zero-order valence-corrected chi connectivity index (χ0v) is 17.9. The van der Waals surface area contributed by atoms with Crippen LogP contribution in [0, 0.1) is 19.8 Å². The summed E-state index contributed by atoms with van der Waals surface area (Å²) in [6, 6.07) is 14.2. The molecule has 3 atom stereocenters. The van der Waals surface area contributed by atoms with Crippen LogP contribution in [0.2, 0.25) is 0 Å². The number of benzene rings is 2. The molecule has 8 heteroatoms. The second kappa shape index (κ2) is 8.29. The predicted molar refractivity (Wildman–Crippen MR) is 114 cm³/mol. The molecule has 0 radical (unpaired) electrons. The average molecular weight is 427 g/mol. The number of aryl methyl sites for hydroxylation is 2. The molecule has 0 amide bonds. The van der Waals surface area contributed by atoms with E-state index < -0.39 is 10.0 Å². The SMILES string of the molecule is Cc1ccc(-c2cn([C@@H]3C[C@@H](CO)C[C@H]3NS(=O)(=O)c3ccc(C)cc3)nn2)cc1. The Kier molecular flexibility index (Phi) is 5.73. The Bertz CT molecular complexity index is 1110. The van der Waals surface area contributed by atoms with Crippen LogP contribution in [0.25, 0.3) is 11.3 Å². The van der Waals surface area contributed by atoms with Crippen molar-refractivity contribution in [2.45, 2.75) is 43.7 Å². The summed E-state index contributed by atoms with van der Waals surface area (Å²) in [6.07, 6.45) is 3.03. The van der Waals surface area contributed by atoms with E-state index in [4.69, 9.17) is 0 Å². The largest absolute Gasteiger partial charge is 0.396 e. The molecular formula is C22H26N4O3S. The molecule has 2 aromatic carbocycles. The Balaban J connectivity index is 1.58. The van der Waals surface area contributed by atoms with Gasteiger partial charge in [0.15, 0.2) is 0 Å². The number of nitrogens with one attached hydrogen (secondary N) is 1. The number of hydrogen-bond acceptors (Lipinski definition) is 5. The number of sulfonamides is 1. The normalized spacial score (nSPS) is 21.8. The first kappa shape index (κ1) is 20.7. The number of hydrogen-bond donors (Lipinski definition) is 2. The average Bonchev–Trinajstić information content (AvgIpc) is 3.35. The second-order valence-electron chi connectivity index (χ2n) is 8.08. The van der Waals surface area contributed by atoms with Crippen molar-refractivity contribution in [3.05, 3.63) is 65.9 Å². The first-order chi connectivity index (χ1) is 14.4. The van der Waals surface area contributed by atoms with Crippen molar-refractivity contribution in [1.29, 1.82) is 0 Å². The zero-order valence-electron chi connectivity index (χ0n) is 17.1. The summed E-state index contributed by atoms with van der Waals surface area (Å²) in [7, 11) is -3.68. The molecule has 1 aliphatic carbocycles. The summed E-state index contributed by atoms with van der Waals surface area (Å²) in [6.45, 7) is 3.96. The fourth-order valence-corrected chi connectivity index (χ4v) is 5.25. The molecular weight excluding hydrogens is 400 g/mol. The lowest BCUT2D eigenvalue weighted by Gasteiger charge is -2.20. The van der Waals surface area contributed by atoms with Gasteiger partial charge < -0.3 is 5.11 Å². The van der Waals surface area contributed by atoms with E-state index in [2.05, 4.69) is 15.0 Å². The van der Waals surface area contributed by atoms with Crippen LogP contribution in [0.15, 0.2) is 59.6 Å². The molecule has 0 unspecified atom stereocenters. The second-order valence-corrected chi connectivity index (χ2v) is 9.79. The number of aliphatic hydroxyl groups excluding tert-OH is 1. The van der Waals surface area contributed by atoms with Crippen LogP contribution in [0.5, 0.6) is 0 Å². The number of aliphatic hydroxyl groups is 1. The number of nitrogens with zero attached hydrogens (tertiary/aromatic N) is 3. The van der Waals surface area contributed by atoms with Gasteiger partial charge in [-0.15, -0.1) is 5.10 Å². The summed E-state index contributed by atoms with van der Waals surface area (Å²) >= 11 is 0. The topological polar surface area (TPSA) is 97.1 Å². The van der Waals surface area contributed by atoms with Crippen molar-refractivity contribution in [3.8, 4) is 11.3 Å². The molecule has 1 saturated carbocycles. The summed E-state index contributed by atoms with van der Waals surface area (Å²) in [5.41, 5.74) is 3.86. The van der Waals surface area contributed by atoms with E-state index in [0.717, 1.165) is 16.8 Å². The monoisotopic (exact) mass is 426 g/mol. The molecule has 1 aliphatic rings. The fraction of sp³-hybridized carbons (Fsp3) is 0.364. The predicted octanol–water partition coefficient (Wildman–Crippen LogP) is 2.85. The van der Waals surface area contributed by atoms with E-state index >= 15 is 0 Å². The highest BCUT2D eigenvalue weighted by atomic mass is 32.2. The zero-order chi connectivity index (χ0) is 21.3. The molecule has 158 valence electrons. The van der Waals surface area contributed by atoms with Crippen LogP contribution in [-0.2, 0) is 10.0 Å². The summed E-state index contributed by atoms with van der Waals surface area (Å²) in [4.78, 5) is 0.234. The molecule has 0 bridgehead atoms. The lowest BCUT2D eigenvalue weighted by Crippen LogP contribution is -2.38. The third kappa shape index (κ3) is 4.30. The molecule has 1 fully saturated rings. The molecule has 1 heterocycles. The third-order valence-corrected chi connectivity index (χ3v) is 7.23. The Morgan fingerprint density at radius 1 is 1.03 bits per heavy atom. The van der Waals surface area contributed by atoms with Crippen molar-refractivity contribution < 1.29 is 13.5 Å². The number of rotatable bonds is 6. The van der Waals surface area contributed by atoms with Crippen LogP contribution >= 0.6 is 0 Å². The first-order valence-corrected chi connectivity index (χ1v) is 11.5. The van der Waals surface area contributed by atoms with Crippen molar-refractivity contribution in [2.24, 2.45) is 5.92 Å². The fourth-order valence-electron chi connectivity index (χ4n) is 3.97. The van der Waals surface area contributed by atoms with Crippen LogP contribution in [0.3, 0.4) is 0 Å². The molecule has 7 nitrogen and oxygen atoms in total. The molecule has 0 aliphatic heterocycles. The molecule has 30 heavy (non-hydrogen) atoms. The third-order valence-electron chi connectivity index (χ3n) is 5.72. The van der Waals surface area contributed by atoms with E-state index in [1.54, 1.807) is 28.9 Å². The maximum Gasteiger partial charge on any atom is 0.240 e. The minimum atomic E-state index is -3.68. The Labute approximate surface area is 176 Å². The molecule has 0 saturated heterocycles. The van der Waals surface area contributed by atoms with E-state index in [1.807, 2.05) is 44.3 Å². The van der Waals surface area contributed by atoms with E-state index in [0.29, 0.717) is 12.8 Å². The lowest BCUT2D eigenvalue weighted by atomic mass is 10.1. The summed E-state index contributed by atoms with van der Waals surface area (Å²) < 4.78 is 30.4. The van der Waals surface area contributed by atoms with Gasteiger partial charge in [0, 0.05) is 18.2 Å². The first-order valence-electron chi connectivity index (χ1n) is 10.0. The summed E-state index contributed by atoms with van der Waals surface area (Å²) in [5, 5.41) is 18.2. The van der Waals surface area contributed by atoms with Crippen molar-refractivity contribution >= 4 is 10.0 Å². The molecule has 4 rings (SSSR count). The van der Waals surface area contributed by atoms with Gasteiger partial charge in [-0.2, -0.15) is 0 Å². The smallest absolute Gasteiger partial charge is 0.240 e. The van der Waals surface area contributed by atoms with E-state index in [-0.39, 0.29) is 29.5 Å². The Morgan fingerprint density at radius 2 is 1.67 bits per heavy atom. The minimum Gasteiger partial charge on any atom is -0.396 e. The maximum atomic E-state index is 12.9. The Morgan fingerprint density at radius 3 is 2.30 bits per heavy atom. The highest BCUT2D eigenvalue weighted by Crippen LogP contribution is 2.36. The van der Waals surface area contributed by atoms with Gasteiger partial charge in [-0.05, 0) is 44.7 Å². The van der Waals surface area contributed by atoms with E-state index in [1.165, 1.54) is 5.56 Å². The molecule has 0 spiro atoms. The van der Waals surface area contributed by atoms with Gasteiger partial charge in [-0.25, -0.2) is 17.8 Å². The molecule has 2 N–H and O–H groups in total. The van der Waals surface area contributed by atoms with Crippen LogP contribution in [-0.4, -0.2) is 41.2 Å². The maximum absolute atomic E-state index is 12.9. The van der Waals surface area contributed by atoms with Gasteiger partial charge in [-0.3, -0.25) is 0 Å². The van der Waals surface area contributed by atoms with Gasteiger partial charge >= 0.3 is 0 Å². The standard InChI is InChI=1S/C22H26N4O3S/c1-15-3-7-18(8-4-15)21-13-26(25-23-21)22-12-17(14-27)11-20(22)24-30(28,29)19-9-5-16(2)6-10-19/h3-10,13,17,20,22,24,27H,11-12,14H2,1-2H3/t17-,20+,22+/m0/s1. The van der Waals surface area contributed by atoms with Crippen LogP contribution in [0.1, 0.15) is 30.0 Å². The van der Waals surface area contributed by atoms with Gasteiger partial charge in [0.25, 0.3) is 0 Å². The van der Waals surface area contributed by atoms with Crippen molar-refractivity contribution in [3.63, 3.8) is 0 Å². The Hall–Kier alpha value is -2.55. The van der Waals surface area contributed by atoms with E-state index in [9.17, 15) is 13.5 Å². The van der Waals surface area contributed by atoms with Gasteiger partial charge in [0.1, 0.15) is 5.69 Å². The molecule has 1 aromatic heterocycles. The van der Waals surface area contributed by atoms with Crippen molar-refractivity contribution in [2.75, 3.05) is 6.61 Å². The lowest BCUT2D eigenvalue weighted by molar-refractivity contribution is 0.225. The number of aromatic nitrogens is 3. The summed E-state index contributed by atoms with van der Waals surface area (Å²) in [5.74, 6) is 0.00717.